The fourth-order valence-corrected chi connectivity index (χ4v) is 2.08. The van der Waals surface area contributed by atoms with Crippen LogP contribution in [0.5, 0.6) is 11.5 Å². The number of hydrogen-bond acceptors (Lipinski definition) is 6. The highest BCUT2D eigenvalue weighted by Crippen LogP contribution is 2.32. The molecule has 112 valence electrons. The summed E-state index contributed by atoms with van der Waals surface area (Å²) < 4.78 is 16.1. The number of oxazole rings is 1. The first-order chi connectivity index (χ1) is 10.6. The third-order valence-electron chi connectivity index (χ3n) is 3.18. The fourth-order valence-electron chi connectivity index (χ4n) is 2.08. The zero-order chi connectivity index (χ0) is 15.7. The van der Waals surface area contributed by atoms with Crippen molar-refractivity contribution < 1.29 is 18.8 Å². The van der Waals surface area contributed by atoms with Gasteiger partial charge >= 0.3 is 0 Å². The largest absolute Gasteiger partial charge is 0.497 e. The summed E-state index contributed by atoms with van der Waals surface area (Å²) >= 11 is 0. The van der Waals surface area contributed by atoms with E-state index in [1.54, 1.807) is 32.4 Å². The van der Waals surface area contributed by atoms with Crippen molar-refractivity contribution >= 4 is 16.8 Å². The van der Waals surface area contributed by atoms with E-state index in [2.05, 4.69) is 4.98 Å². The first-order valence-corrected chi connectivity index (χ1v) is 6.39. The SMILES string of the molecule is COc1cc(OC)cc(-c2nc3cc([N+](=O)[O-])ccc3o2)c1. The Hall–Kier alpha value is -3.09. The van der Waals surface area contributed by atoms with Gasteiger partial charge in [0.2, 0.25) is 5.89 Å². The third kappa shape index (κ3) is 2.44. The molecule has 7 heteroatoms. The van der Waals surface area contributed by atoms with Crippen LogP contribution in [0.25, 0.3) is 22.6 Å². The molecule has 0 aliphatic carbocycles. The Kier molecular flexibility index (Phi) is 3.38. The van der Waals surface area contributed by atoms with Crippen molar-refractivity contribution in [2.75, 3.05) is 14.2 Å². The van der Waals surface area contributed by atoms with E-state index in [1.165, 1.54) is 18.2 Å². The number of ether oxygens (including phenoxy) is 2. The summed E-state index contributed by atoms with van der Waals surface area (Å²) in [6.07, 6.45) is 0. The molecule has 2 aromatic carbocycles. The normalized spacial score (nSPS) is 10.6. The lowest BCUT2D eigenvalue weighted by Crippen LogP contribution is -1.89. The second-order valence-electron chi connectivity index (χ2n) is 4.53. The quantitative estimate of drug-likeness (QED) is 0.542. The van der Waals surface area contributed by atoms with Crippen LogP contribution in [0.1, 0.15) is 0 Å². The Morgan fingerprint density at radius 3 is 2.36 bits per heavy atom. The van der Waals surface area contributed by atoms with E-state index < -0.39 is 4.92 Å². The van der Waals surface area contributed by atoms with E-state index in [9.17, 15) is 10.1 Å². The van der Waals surface area contributed by atoms with Gasteiger partial charge in [-0.05, 0) is 18.2 Å². The number of nitrogens with zero attached hydrogens (tertiary/aromatic N) is 2. The molecule has 1 aromatic heterocycles. The zero-order valence-electron chi connectivity index (χ0n) is 11.9. The summed E-state index contributed by atoms with van der Waals surface area (Å²) in [7, 11) is 3.10. The van der Waals surface area contributed by atoms with Crippen LogP contribution < -0.4 is 9.47 Å². The first kappa shape index (κ1) is 13.9. The monoisotopic (exact) mass is 300 g/mol. The maximum atomic E-state index is 10.8. The third-order valence-corrected chi connectivity index (χ3v) is 3.18. The Morgan fingerprint density at radius 2 is 1.77 bits per heavy atom. The molecule has 0 saturated heterocycles. The molecule has 7 nitrogen and oxygen atoms in total. The van der Waals surface area contributed by atoms with Crippen LogP contribution in [0.15, 0.2) is 40.8 Å². The molecule has 0 radical (unpaired) electrons. The highest BCUT2D eigenvalue weighted by molar-refractivity contribution is 5.79. The van der Waals surface area contributed by atoms with Crippen LogP contribution in [0.4, 0.5) is 5.69 Å². The van der Waals surface area contributed by atoms with Crippen molar-refractivity contribution in [1.29, 1.82) is 0 Å². The van der Waals surface area contributed by atoms with Gasteiger partial charge in [0.25, 0.3) is 5.69 Å². The highest BCUT2D eigenvalue weighted by atomic mass is 16.6. The first-order valence-electron chi connectivity index (χ1n) is 6.39. The van der Waals surface area contributed by atoms with Crippen LogP contribution >= 0.6 is 0 Å². The zero-order valence-corrected chi connectivity index (χ0v) is 11.9. The summed E-state index contributed by atoms with van der Waals surface area (Å²) in [4.78, 5) is 14.6. The molecule has 0 aliphatic rings. The average Bonchev–Trinajstić information content (AvgIpc) is 2.97. The van der Waals surface area contributed by atoms with Crippen molar-refractivity contribution in [2.45, 2.75) is 0 Å². The molecule has 0 aliphatic heterocycles. The van der Waals surface area contributed by atoms with Crippen LogP contribution in [0.2, 0.25) is 0 Å². The molecule has 0 N–H and O–H groups in total. The van der Waals surface area contributed by atoms with Gasteiger partial charge in [-0.2, -0.15) is 0 Å². The van der Waals surface area contributed by atoms with Gasteiger partial charge in [-0.1, -0.05) is 0 Å². The summed E-state index contributed by atoms with van der Waals surface area (Å²) in [6.45, 7) is 0. The Balaban J connectivity index is 2.11. The predicted molar refractivity (Wildman–Crippen MR) is 79.2 cm³/mol. The second kappa shape index (κ2) is 5.36. The minimum absolute atomic E-state index is 0.0319. The number of benzene rings is 2. The van der Waals surface area contributed by atoms with Crippen molar-refractivity contribution in [2.24, 2.45) is 0 Å². The van der Waals surface area contributed by atoms with Gasteiger partial charge in [0, 0.05) is 23.8 Å². The van der Waals surface area contributed by atoms with E-state index in [4.69, 9.17) is 13.9 Å². The topological polar surface area (TPSA) is 87.6 Å². The average molecular weight is 300 g/mol. The minimum Gasteiger partial charge on any atom is -0.497 e. The number of fused-ring (bicyclic) bond motifs is 1. The molecule has 3 aromatic rings. The molecule has 0 saturated carbocycles. The molecule has 0 fully saturated rings. The van der Waals surface area contributed by atoms with Crippen molar-refractivity contribution in [3.05, 3.63) is 46.5 Å². The van der Waals surface area contributed by atoms with E-state index in [-0.39, 0.29) is 5.69 Å². The van der Waals surface area contributed by atoms with E-state index in [0.29, 0.717) is 34.1 Å². The summed E-state index contributed by atoms with van der Waals surface area (Å²) in [5.41, 5.74) is 1.53. The van der Waals surface area contributed by atoms with Crippen LogP contribution in [0, 0.1) is 10.1 Å². The predicted octanol–water partition coefficient (Wildman–Crippen LogP) is 3.42. The number of rotatable bonds is 4. The molecule has 0 amide bonds. The lowest BCUT2D eigenvalue weighted by atomic mass is 10.2. The Labute approximate surface area is 125 Å². The summed E-state index contributed by atoms with van der Waals surface area (Å²) in [6, 6.07) is 9.52. The number of nitro benzene ring substituents is 1. The van der Waals surface area contributed by atoms with Crippen molar-refractivity contribution in [1.82, 2.24) is 4.98 Å². The maximum Gasteiger partial charge on any atom is 0.271 e. The standard InChI is InChI=1S/C15H12N2O5/c1-20-11-5-9(6-12(8-11)21-2)15-16-13-7-10(17(18)19)3-4-14(13)22-15/h3-8H,1-2H3. The van der Waals surface area contributed by atoms with Crippen LogP contribution in [-0.4, -0.2) is 24.1 Å². The van der Waals surface area contributed by atoms with Crippen LogP contribution in [-0.2, 0) is 0 Å². The lowest BCUT2D eigenvalue weighted by molar-refractivity contribution is -0.384. The number of aromatic nitrogens is 1. The molecule has 0 bridgehead atoms. The molecule has 0 unspecified atom stereocenters. The van der Waals surface area contributed by atoms with Gasteiger partial charge in [0.1, 0.15) is 17.0 Å². The summed E-state index contributed by atoms with van der Waals surface area (Å²) in [5, 5.41) is 10.8. The highest BCUT2D eigenvalue weighted by Gasteiger charge is 2.14. The van der Waals surface area contributed by atoms with Gasteiger partial charge in [0.05, 0.1) is 19.1 Å². The number of hydrogen-bond donors (Lipinski definition) is 0. The molecule has 1 heterocycles. The van der Waals surface area contributed by atoms with Gasteiger partial charge in [-0.3, -0.25) is 10.1 Å². The van der Waals surface area contributed by atoms with E-state index in [1.807, 2.05) is 0 Å². The van der Waals surface area contributed by atoms with Gasteiger partial charge in [-0.15, -0.1) is 0 Å². The number of nitro groups is 1. The Morgan fingerprint density at radius 1 is 1.09 bits per heavy atom. The second-order valence-corrected chi connectivity index (χ2v) is 4.53. The van der Waals surface area contributed by atoms with E-state index >= 15 is 0 Å². The Bertz CT molecular complexity index is 834. The number of methoxy groups -OCH3 is 2. The smallest absolute Gasteiger partial charge is 0.271 e. The molecular formula is C15H12N2O5. The van der Waals surface area contributed by atoms with Gasteiger partial charge < -0.3 is 13.9 Å². The molecular weight excluding hydrogens is 288 g/mol. The van der Waals surface area contributed by atoms with E-state index in [0.717, 1.165) is 0 Å². The van der Waals surface area contributed by atoms with Gasteiger partial charge in [0.15, 0.2) is 5.58 Å². The van der Waals surface area contributed by atoms with Gasteiger partial charge in [-0.25, -0.2) is 4.98 Å². The molecule has 3 rings (SSSR count). The molecule has 0 atom stereocenters. The molecule has 0 spiro atoms. The summed E-state index contributed by atoms with van der Waals surface area (Å²) in [5.74, 6) is 1.54. The lowest BCUT2D eigenvalue weighted by Gasteiger charge is -2.05. The van der Waals surface area contributed by atoms with Crippen LogP contribution in [0.3, 0.4) is 0 Å². The molecule has 22 heavy (non-hydrogen) atoms. The number of non-ortho nitro benzene ring substituents is 1. The minimum atomic E-state index is -0.470. The van der Waals surface area contributed by atoms with Crippen molar-refractivity contribution in [3.8, 4) is 23.0 Å². The van der Waals surface area contributed by atoms with Crippen molar-refractivity contribution in [3.63, 3.8) is 0 Å². The maximum absolute atomic E-state index is 10.8. The fraction of sp³-hybridized carbons (Fsp3) is 0.133.